The first-order valence-corrected chi connectivity index (χ1v) is 8.58. The summed E-state index contributed by atoms with van der Waals surface area (Å²) in [5, 5.41) is 3.40. The van der Waals surface area contributed by atoms with E-state index >= 15 is 0 Å². The van der Waals surface area contributed by atoms with Crippen LogP contribution in [0.5, 0.6) is 0 Å². The van der Waals surface area contributed by atoms with Crippen molar-refractivity contribution in [3.63, 3.8) is 0 Å². The maximum Gasteiger partial charge on any atom is 0.124 e. The van der Waals surface area contributed by atoms with Gasteiger partial charge in [0.2, 0.25) is 0 Å². The summed E-state index contributed by atoms with van der Waals surface area (Å²) in [5.74, 6) is 0.118. The average Bonchev–Trinajstić information content (AvgIpc) is 2.42. The molecule has 0 amide bonds. The van der Waals surface area contributed by atoms with Crippen molar-refractivity contribution in [3.05, 3.63) is 68.4 Å². The minimum atomic E-state index is -0.198. The van der Waals surface area contributed by atoms with Crippen molar-refractivity contribution >= 4 is 31.9 Å². The lowest BCUT2D eigenvalue weighted by Crippen LogP contribution is -2.22. The highest BCUT2D eigenvalue weighted by atomic mass is 79.9. The minimum Gasteiger partial charge on any atom is -0.316 e. The van der Waals surface area contributed by atoms with Crippen LogP contribution in [0.25, 0.3) is 0 Å². The molecular formula is C17H18Br2FN. The number of likely N-dealkylation sites (N-methyl/N-ethyl adjacent to an activating group) is 1. The van der Waals surface area contributed by atoms with E-state index in [2.05, 4.69) is 56.2 Å². The van der Waals surface area contributed by atoms with E-state index in [-0.39, 0.29) is 5.82 Å². The maximum absolute atomic E-state index is 13.5. The number of nitrogens with one attached hydrogen (secondary N) is 1. The molecule has 112 valence electrons. The number of hydrogen-bond acceptors (Lipinski definition) is 1. The van der Waals surface area contributed by atoms with Gasteiger partial charge in [-0.3, -0.25) is 0 Å². The Morgan fingerprint density at radius 2 is 1.90 bits per heavy atom. The third kappa shape index (κ3) is 5.20. The summed E-state index contributed by atoms with van der Waals surface area (Å²) >= 11 is 6.88. The van der Waals surface area contributed by atoms with Crippen LogP contribution in [-0.4, -0.2) is 13.1 Å². The minimum absolute atomic E-state index is 0.198. The van der Waals surface area contributed by atoms with Gasteiger partial charge >= 0.3 is 0 Å². The van der Waals surface area contributed by atoms with Crippen LogP contribution in [0.1, 0.15) is 24.0 Å². The van der Waals surface area contributed by atoms with Gasteiger partial charge in [-0.1, -0.05) is 50.9 Å². The molecule has 0 saturated carbocycles. The lowest BCUT2D eigenvalue weighted by molar-refractivity contribution is 0.588. The molecule has 1 N–H and O–H groups in total. The topological polar surface area (TPSA) is 12.0 Å². The van der Waals surface area contributed by atoms with Crippen LogP contribution in [-0.2, 0) is 6.42 Å². The molecule has 0 aliphatic carbocycles. The summed E-state index contributed by atoms with van der Waals surface area (Å²) in [6, 6.07) is 13.4. The Morgan fingerprint density at radius 3 is 2.57 bits per heavy atom. The average molecular weight is 415 g/mol. The monoisotopic (exact) mass is 413 g/mol. The quantitative estimate of drug-likeness (QED) is 0.677. The summed E-state index contributed by atoms with van der Waals surface area (Å²) in [6.45, 7) is 3.90. The second-order valence-corrected chi connectivity index (χ2v) is 6.87. The molecule has 2 aromatic rings. The second-order valence-electron chi connectivity index (χ2n) is 5.04. The van der Waals surface area contributed by atoms with Crippen LogP contribution in [0.4, 0.5) is 4.39 Å². The number of halogens is 3. The molecule has 2 aromatic carbocycles. The molecule has 0 spiro atoms. The summed E-state index contributed by atoms with van der Waals surface area (Å²) in [4.78, 5) is 0. The zero-order valence-electron chi connectivity index (χ0n) is 11.9. The van der Waals surface area contributed by atoms with E-state index in [1.165, 1.54) is 11.6 Å². The normalized spacial score (nSPS) is 12.4. The van der Waals surface area contributed by atoms with Crippen LogP contribution in [0.2, 0.25) is 0 Å². The summed E-state index contributed by atoms with van der Waals surface area (Å²) in [6.07, 6.45) is 0.805. The number of benzene rings is 2. The molecule has 0 aliphatic rings. The van der Waals surface area contributed by atoms with Gasteiger partial charge in [-0.25, -0.2) is 4.39 Å². The van der Waals surface area contributed by atoms with Crippen molar-refractivity contribution in [2.45, 2.75) is 19.3 Å². The molecule has 2 rings (SSSR count). The Hall–Kier alpha value is -0.710. The summed E-state index contributed by atoms with van der Waals surface area (Å²) < 4.78 is 15.4. The van der Waals surface area contributed by atoms with Crippen molar-refractivity contribution in [2.75, 3.05) is 13.1 Å². The number of rotatable bonds is 6. The van der Waals surface area contributed by atoms with Crippen molar-refractivity contribution in [3.8, 4) is 0 Å². The molecule has 0 radical (unpaired) electrons. The summed E-state index contributed by atoms with van der Waals surface area (Å²) in [7, 11) is 0. The van der Waals surface area contributed by atoms with E-state index in [9.17, 15) is 4.39 Å². The van der Waals surface area contributed by atoms with Gasteiger partial charge in [-0.05, 0) is 54.4 Å². The van der Waals surface area contributed by atoms with Crippen LogP contribution in [0.15, 0.2) is 51.4 Å². The molecule has 0 heterocycles. The van der Waals surface area contributed by atoms with Crippen molar-refractivity contribution < 1.29 is 4.39 Å². The van der Waals surface area contributed by atoms with Crippen molar-refractivity contribution in [1.29, 1.82) is 0 Å². The molecule has 0 bridgehead atoms. The van der Waals surface area contributed by atoms with E-state index in [0.717, 1.165) is 34.0 Å². The highest BCUT2D eigenvalue weighted by molar-refractivity contribution is 9.10. The van der Waals surface area contributed by atoms with Crippen molar-refractivity contribution in [1.82, 2.24) is 5.32 Å². The van der Waals surface area contributed by atoms with Crippen LogP contribution in [0, 0.1) is 5.82 Å². The zero-order chi connectivity index (χ0) is 15.2. The van der Waals surface area contributed by atoms with Gasteiger partial charge in [0.25, 0.3) is 0 Å². The van der Waals surface area contributed by atoms with Gasteiger partial charge in [-0.2, -0.15) is 0 Å². The largest absolute Gasteiger partial charge is 0.316 e. The lowest BCUT2D eigenvalue weighted by atomic mass is 9.92. The molecule has 1 atom stereocenters. The Labute approximate surface area is 142 Å². The Bertz CT molecular complexity index is 581. The zero-order valence-corrected chi connectivity index (χ0v) is 15.0. The molecule has 21 heavy (non-hydrogen) atoms. The molecule has 0 aliphatic heterocycles. The molecule has 0 fully saturated rings. The highest BCUT2D eigenvalue weighted by Gasteiger charge is 2.13. The molecule has 1 unspecified atom stereocenters. The molecule has 0 saturated heterocycles. The van der Waals surface area contributed by atoms with Gasteiger partial charge < -0.3 is 5.32 Å². The smallest absolute Gasteiger partial charge is 0.124 e. The summed E-state index contributed by atoms with van der Waals surface area (Å²) in [5.41, 5.74) is 2.26. The fourth-order valence-corrected chi connectivity index (χ4v) is 3.33. The first-order chi connectivity index (χ1) is 10.1. The Balaban J connectivity index is 2.23. The molecule has 1 nitrogen and oxygen atoms in total. The fraction of sp³-hybridized carbons (Fsp3) is 0.294. The second kappa shape index (κ2) is 8.06. The third-order valence-electron chi connectivity index (χ3n) is 3.37. The molecule has 0 aromatic heterocycles. The number of hydrogen-bond donors (Lipinski definition) is 1. The predicted octanol–water partition coefficient (Wildman–Crippen LogP) is 5.29. The van der Waals surface area contributed by atoms with E-state index < -0.39 is 0 Å². The van der Waals surface area contributed by atoms with Gasteiger partial charge in [0.15, 0.2) is 0 Å². The van der Waals surface area contributed by atoms with Crippen LogP contribution in [0.3, 0.4) is 0 Å². The van der Waals surface area contributed by atoms with E-state index in [1.807, 2.05) is 18.2 Å². The van der Waals surface area contributed by atoms with Crippen LogP contribution < -0.4 is 5.32 Å². The van der Waals surface area contributed by atoms with Gasteiger partial charge in [0.1, 0.15) is 5.82 Å². The predicted molar refractivity (Wildman–Crippen MR) is 93.2 cm³/mol. The lowest BCUT2D eigenvalue weighted by Gasteiger charge is -2.18. The van der Waals surface area contributed by atoms with Gasteiger partial charge in [-0.15, -0.1) is 0 Å². The van der Waals surface area contributed by atoms with E-state index in [0.29, 0.717) is 5.92 Å². The maximum atomic E-state index is 13.5. The first-order valence-electron chi connectivity index (χ1n) is 6.99. The standard InChI is InChI=1S/C17H18Br2FN/c1-2-21-11-14(13-4-3-5-15(18)9-13)6-12-7-16(19)10-17(20)8-12/h3-5,7-10,14,21H,2,6,11H2,1H3. The van der Waals surface area contributed by atoms with Crippen LogP contribution >= 0.6 is 31.9 Å². The van der Waals surface area contributed by atoms with Crippen molar-refractivity contribution in [2.24, 2.45) is 0 Å². The SMILES string of the molecule is CCNCC(Cc1cc(F)cc(Br)c1)c1cccc(Br)c1. The van der Waals surface area contributed by atoms with E-state index in [1.54, 1.807) is 6.07 Å². The molecular weight excluding hydrogens is 397 g/mol. The van der Waals surface area contributed by atoms with E-state index in [4.69, 9.17) is 0 Å². The highest BCUT2D eigenvalue weighted by Crippen LogP contribution is 2.25. The Morgan fingerprint density at radius 1 is 1.10 bits per heavy atom. The fourth-order valence-electron chi connectivity index (χ4n) is 2.40. The Kier molecular flexibility index (Phi) is 6.40. The third-order valence-corrected chi connectivity index (χ3v) is 4.32. The molecule has 4 heteroatoms. The first kappa shape index (κ1) is 16.7. The van der Waals surface area contributed by atoms with Gasteiger partial charge in [0, 0.05) is 21.4 Å². The van der Waals surface area contributed by atoms with Gasteiger partial charge in [0.05, 0.1) is 0 Å².